The van der Waals surface area contributed by atoms with Crippen LogP contribution < -0.4 is 5.73 Å². The Hall–Kier alpha value is -2.08. The summed E-state index contributed by atoms with van der Waals surface area (Å²) in [5.74, 6) is 0.0726. The van der Waals surface area contributed by atoms with E-state index in [2.05, 4.69) is 15.1 Å². The van der Waals surface area contributed by atoms with Gasteiger partial charge in [-0.25, -0.2) is 9.97 Å². The SMILES string of the molecule is Cc1cc(/C(N)=N/O)cc(Sc2ccccn2)n1. The zero-order valence-electron chi connectivity index (χ0n) is 9.74. The lowest BCUT2D eigenvalue weighted by molar-refractivity contribution is 0.318. The molecule has 0 saturated carbocycles. The number of oxime groups is 1. The van der Waals surface area contributed by atoms with E-state index < -0.39 is 0 Å². The molecule has 0 saturated heterocycles. The molecule has 2 aromatic rings. The molecule has 5 nitrogen and oxygen atoms in total. The highest BCUT2D eigenvalue weighted by Crippen LogP contribution is 2.24. The van der Waals surface area contributed by atoms with Crippen LogP contribution in [0.1, 0.15) is 11.3 Å². The second kappa shape index (κ2) is 5.50. The molecule has 6 heteroatoms. The number of rotatable bonds is 3. The van der Waals surface area contributed by atoms with E-state index in [9.17, 15) is 0 Å². The van der Waals surface area contributed by atoms with Crippen LogP contribution in [-0.4, -0.2) is 21.0 Å². The number of nitrogens with two attached hydrogens (primary N) is 1. The average Bonchev–Trinajstić information content (AvgIpc) is 2.38. The van der Waals surface area contributed by atoms with Gasteiger partial charge >= 0.3 is 0 Å². The Kier molecular flexibility index (Phi) is 3.78. The minimum absolute atomic E-state index is 0.0726. The predicted molar refractivity (Wildman–Crippen MR) is 69.8 cm³/mol. The minimum atomic E-state index is 0.0726. The summed E-state index contributed by atoms with van der Waals surface area (Å²) in [5, 5.41) is 13.3. The van der Waals surface area contributed by atoms with Crippen molar-refractivity contribution in [2.45, 2.75) is 17.0 Å². The molecule has 2 aromatic heterocycles. The molecule has 0 aliphatic heterocycles. The Morgan fingerprint density at radius 1 is 1.33 bits per heavy atom. The summed E-state index contributed by atoms with van der Waals surface area (Å²) < 4.78 is 0. The van der Waals surface area contributed by atoms with E-state index in [-0.39, 0.29) is 5.84 Å². The Labute approximate surface area is 109 Å². The fourth-order valence-electron chi connectivity index (χ4n) is 1.41. The fraction of sp³-hybridized carbons (Fsp3) is 0.0833. The summed E-state index contributed by atoms with van der Waals surface area (Å²) in [4.78, 5) is 8.59. The summed E-state index contributed by atoms with van der Waals surface area (Å²) in [6, 6.07) is 9.20. The van der Waals surface area contributed by atoms with E-state index in [1.54, 1.807) is 18.3 Å². The molecular formula is C12H12N4OS. The van der Waals surface area contributed by atoms with Crippen molar-refractivity contribution in [3.05, 3.63) is 47.8 Å². The van der Waals surface area contributed by atoms with Gasteiger partial charge in [-0.05, 0) is 31.2 Å². The summed E-state index contributed by atoms with van der Waals surface area (Å²) in [5.41, 5.74) is 7.02. The zero-order valence-corrected chi connectivity index (χ0v) is 10.6. The van der Waals surface area contributed by atoms with Crippen LogP contribution in [0.15, 0.2) is 51.7 Å². The number of aromatic nitrogens is 2. The number of pyridine rings is 2. The highest BCUT2D eigenvalue weighted by atomic mass is 32.2. The molecule has 0 aliphatic carbocycles. The molecule has 2 rings (SSSR count). The van der Waals surface area contributed by atoms with E-state index in [4.69, 9.17) is 10.9 Å². The number of nitrogens with zero attached hydrogens (tertiary/aromatic N) is 3. The second-order valence-corrected chi connectivity index (χ2v) is 4.63. The number of aryl methyl sites for hydroxylation is 1. The number of hydrogen-bond donors (Lipinski definition) is 2. The summed E-state index contributed by atoms with van der Waals surface area (Å²) in [6.45, 7) is 1.86. The summed E-state index contributed by atoms with van der Waals surface area (Å²) in [6.07, 6.45) is 1.72. The van der Waals surface area contributed by atoms with Crippen molar-refractivity contribution in [3.63, 3.8) is 0 Å². The van der Waals surface area contributed by atoms with Crippen molar-refractivity contribution < 1.29 is 5.21 Å². The first kappa shape index (κ1) is 12.4. The Balaban J connectivity index is 2.31. The van der Waals surface area contributed by atoms with Gasteiger partial charge < -0.3 is 10.9 Å². The average molecular weight is 260 g/mol. The third kappa shape index (κ3) is 2.98. The second-order valence-electron chi connectivity index (χ2n) is 3.59. The highest BCUT2D eigenvalue weighted by molar-refractivity contribution is 7.99. The highest BCUT2D eigenvalue weighted by Gasteiger charge is 2.06. The number of hydrogen-bond acceptors (Lipinski definition) is 5. The molecular weight excluding hydrogens is 248 g/mol. The zero-order chi connectivity index (χ0) is 13.0. The van der Waals surface area contributed by atoms with Crippen molar-refractivity contribution in [1.29, 1.82) is 0 Å². The maximum absolute atomic E-state index is 8.68. The van der Waals surface area contributed by atoms with Crippen molar-refractivity contribution in [3.8, 4) is 0 Å². The molecule has 0 bridgehead atoms. The van der Waals surface area contributed by atoms with E-state index >= 15 is 0 Å². The van der Waals surface area contributed by atoms with Crippen LogP contribution in [0.5, 0.6) is 0 Å². The Morgan fingerprint density at radius 3 is 2.83 bits per heavy atom. The van der Waals surface area contributed by atoms with Crippen LogP contribution in [0.2, 0.25) is 0 Å². The van der Waals surface area contributed by atoms with Gasteiger partial charge in [0.2, 0.25) is 0 Å². The number of amidine groups is 1. The van der Waals surface area contributed by atoms with Crippen LogP contribution in [0.4, 0.5) is 0 Å². The lowest BCUT2D eigenvalue weighted by atomic mass is 10.2. The van der Waals surface area contributed by atoms with Crippen LogP contribution in [0.25, 0.3) is 0 Å². The van der Waals surface area contributed by atoms with Crippen molar-refractivity contribution in [2.24, 2.45) is 10.9 Å². The molecule has 0 unspecified atom stereocenters. The van der Waals surface area contributed by atoms with Crippen molar-refractivity contribution >= 4 is 17.6 Å². The smallest absolute Gasteiger partial charge is 0.170 e. The van der Waals surface area contributed by atoms with Gasteiger partial charge in [-0.1, -0.05) is 23.0 Å². The molecule has 0 atom stereocenters. The lowest BCUT2D eigenvalue weighted by Crippen LogP contribution is -2.13. The van der Waals surface area contributed by atoms with E-state index in [1.807, 2.05) is 25.1 Å². The largest absolute Gasteiger partial charge is 0.409 e. The lowest BCUT2D eigenvalue weighted by Gasteiger charge is -2.05. The normalized spacial score (nSPS) is 11.5. The fourth-order valence-corrected chi connectivity index (χ4v) is 2.26. The van der Waals surface area contributed by atoms with Gasteiger partial charge in [0.25, 0.3) is 0 Å². The molecule has 0 spiro atoms. The maximum atomic E-state index is 8.68. The third-order valence-electron chi connectivity index (χ3n) is 2.18. The first-order valence-electron chi connectivity index (χ1n) is 5.24. The molecule has 2 heterocycles. The molecule has 18 heavy (non-hydrogen) atoms. The van der Waals surface area contributed by atoms with Crippen molar-refractivity contribution in [1.82, 2.24) is 9.97 Å². The van der Waals surface area contributed by atoms with Crippen LogP contribution in [0, 0.1) is 6.92 Å². The first-order valence-corrected chi connectivity index (χ1v) is 6.06. The molecule has 0 amide bonds. The minimum Gasteiger partial charge on any atom is -0.409 e. The Morgan fingerprint density at radius 2 is 2.17 bits per heavy atom. The van der Waals surface area contributed by atoms with E-state index in [0.717, 1.165) is 15.7 Å². The molecule has 0 radical (unpaired) electrons. The molecule has 0 aliphatic rings. The standard InChI is InChI=1S/C12H12N4OS/c1-8-6-9(12(13)16-17)7-11(15-8)18-10-4-2-3-5-14-10/h2-7,17H,1H3,(H2,13,16). The van der Waals surface area contributed by atoms with Crippen molar-refractivity contribution in [2.75, 3.05) is 0 Å². The Bertz CT molecular complexity index is 572. The topological polar surface area (TPSA) is 84.4 Å². The molecule has 0 fully saturated rings. The predicted octanol–water partition coefficient (Wildman–Crippen LogP) is 2.03. The van der Waals surface area contributed by atoms with Crippen LogP contribution in [-0.2, 0) is 0 Å². The van der Waals surface area contributed by atoms with Gasteiger partial charge in [-0.2, -0.15) is 0 Å². The maximum Gasteiger partial charge on any atom is 0.170 e. The van der Waals surface area contributed by atoms with Crippen LogP contribution >= 0.6 is 11.8 Å². The van der Waals surface area contributed by atoms with E-state index in [0.29, 0.717) is 5.56 Å². The van der Waals surface area contributed by atoms with Gasteiger partial charge in [0.15, 0.2) is 5.84 Å². The van der Waals surface area contributed by atoms with Gasteiger partial charge in [-0.15, -0.1) is 0 Å². The third-order valence-corrected chi connectivity index (χ3v) is 3.05. The molecule has 3 N–H and O–H groups in total. The van der Waals surface area contributed by atoms with Gasteiger partial charge in [0, 0.05) is 17.5 Å². The molecule has 92 valence electrons. The quantitative estimate of drug-likeness (QED) is 0.382. The first-order chi connectivity index (χ1) is 8.69. The van der Waals surface area contributed by atoms with Gasteiger partial charge in [0.1, 0.15) is 10.1 Å². The van der Waals surface area contributed by atoms with Gasteiger partial charge in [-0.3, -0.25) is 0 Å². The van der Waals surface area contributed by atoms with Crippen LogP contribution in [0.3, 0.4) is 0 Å². The summed E-state index contributed by atoms with van der Waals surface area (Å²) in [7, 11) is 0. The van der Waals surface area contributed by atoms with Gasteiger partial charge in [0.05, 0.1) is 0 Å². The summed E-state index contributed by atoms with van der Waals surface area (Å²) >= 11 is 1.43. The molecule has 0 aromatic carbocycles. The monoisotopic (exact) mass is 260 g/mol. The van der Waals surface area contributed by atoms with E-state index in [1.165, 1.54) is 11.8 Å².